The summed E-state index contributed by atoms with van der Waals surface area (Å²) in [6, 6.07) is 0.806. The molecule has 2 aliphatic rings. The molecule has 0 bridgehead atoms. The molecular formula is C10H23Cl2CoN4. The first-order valence-electron chi connectivity index (χ1n) is 5.84. The SMILES string of the molecule is NC1CCCC1N.[Cl][Co+][Cl].[NH-]C1CCCC1N. The molecular weight excluding hydrogens is 306 g/mol. The number of rotatable bonds is 0. The van der Waals surface area contributed by atoms with Crippen LogP contribution in [0, 0.1) is 0 Å². The molecule has 2 fully saturated rings. The normalized spacial score (nSPS) is 35.9. The summed E-state index contributed by atoms with van der Waals surface area (Å²) in [6.07, 6.45) is 6.72. The zero-order valence-electron chi connectivity index (χ0n) is 9.87. The molecule has 0 heterocycles. The van der Waals surface area contributed by atoms with Gasteiger partial charge in [-0.15, -0.1) is 6.04 Å². The Morgan fingerprint density at radius 2 is 1.18 bits per heavy atom. The zero-order valence-corrected chi connectivity index (χ0v) is 12.4. The van der Waals surface area contributed by atoms with Crippen LogP contribution in [0.3, 0.4) is 0 Å². The Kier molecular flexibility index (Phi) is 11.4. The molecule has 4 unspecified atom stereocenters. The summed E-state index contributed by atoms with van der Waals surface area (Å²) in [7, 11) is 9.47. The number of hydrogen-bond acceptors (Lipinski definition) is 3. The minimum absolute atomic E-state index is 0.0417. The van der Waals surface area contributed by atoms with Crippen molar-refractivity contribution in [3.63, 3.8) is 0 Å². The molecule has 0 aliphatic heterocycles. The third-order valence-corrected chi connectivity index (χ3v) is 3.19. The van der Waals surface area contributed by atoms with Crippen molar-refractivity contribution in [2.24, 2.45) is 17.2 Å². The maximum Gasteiger partial charge on any atom is -0.0123 e. The van der Waals surface area contributed by atoms with Crippen LogP contribution in [-0.2, 0) is 12.9 Å². The number of nitrogens with one attached hydrogen (secondary N) is 1. The van der Waals surface area contributed by atoms with Crippen LogP contribution in [0.2, 0.25) is 0 Å². The van der Waals surface area contributed by atoms with Crippen molar-refractivity contribution >= 4 is 20.3 Å². The molecule has 0 saturated heterocycles. The van der Waals surface area contributed by atoms with Gasteiger partial charge in [0.1, 0.15) is 0 Å². The van der Waals surface area contributed by atoms with E-state index in [0.29, 0.717) is 25.0 Å². The molecule has 0 aromatic carbocycles. The molecule has 4 atom stereocenters. The molecule has 2 aliphatic carbocycles. The Morgan fingerprint density at radius 3 is 1.29 bits per heavy atom. The molecule has 0 aromatic heterocycles. The van der Waals surface area contributed by atoms with Crippen LogP contribution in [0.4, 0.5) is 0 Å². The molecule has 2 saturated carbocycles. The topological polar surface area (TPSA) is 102 Å². The average Bonchev–Trinajstić information content (AvgIpc) is 2.81. The van der Waals surface area contributed by atoms with Gasteiger partial charge in [-0.25, -0.2) is 0 Å². The molecule has 7 heteroatoms. The fourth-order valence-corrected chi connectivity index (χ4v) is 2.01. The van der Waals surface area contributed by atoms with E-state index in [4.69, 9.17) is 43.2 Å². The van der Waals surface area contributed by atoms with Gasteiger partial charge in [0, 0.05) is 12.1 Å². The average molecular weight is 329 g/mol. The van der Waals surface area contributed by atoms with Gasteiger partial charge in [-0.05, 0) is 25.3 Å². The molecule has 0 amide bonds. The van der Waals surface area contributed by atoms with E-state index >= 15 is 0 Å². The first-order chi connectivity index (χ1) is 8.02. The Hall–Kier alpha value is 0.926. The van der Waals surface area contributed by atoms with Gasteiger partial charge in [0.05, 0.1) is 0 Å². The largest absolute Gasteiger partial charge is 0.673 e. The monoisotopic (exact) mass is 328 g/mol. The minimum atomic E-state index is 0.0417. The van der Waals surface area contributed by atoms with Crippen LogP contribution < -0.4 is 17.2 Å². The van der Waals surface area contributed by atoms with E-state index in [1.807, 2.05) is 0 Å². The summed E-state index contributed by atoms with van der Waals surface area (Å²) in [5.74, 6) is 0. The third kappa shape index (κ3) is 8.61. The van der Waals surface area contributed by atoms with Crippen molar-refractivity contribution in [1.29, 1.82) is 0 Å². The summed E-state index contributed by atoms with van der Waals surface area (Å²) >= 11 is 0.382. The van der Waals surface area contributed by atoms with Gasteiger partial charge in [0.15, 0.2) is 0 Å². The Morgan fingerprint density at radius 1 is 0.824 bits per heavy atom. The van der Waals surface area contributed by atoms with Crippen LogP contribution in [0.25, 0.3) is 5.73 Å². The fourth-order valence-electron chi connectivity index (χ4n) is 2.01. The number of nitrogens with two attached hydrogens (primary N) is 3. The van der Waals surface area contributed by atoms with E-state index in [1.54, 1.807) is 0 Å². The first-order valence-corrected chi connectivity index (χ1v) is 8.71. The summed E-state index contributed by atoms with van der Waals surface area (Å²) < 4.78 is 0. The van der Waals surface area contributed by atoms with E-state index in [9.17, 15) is 0 Å². The maximum absolute atomic E-state index is 7.21. The Bertz CT molecular complexity index is 154. The zero-order chi connectivity index (χ0) is 13.3. The second-order valence-electron chi connectivity index (χ2n) is 4.51. The van der Waals surface area contributed by atoms with Crippen LogP contribution in [0.15, 0.2) is 0 Å². The smallest absolute Gasteiger partial charge is 0.0123 e. The van der Waals surface area contributed by atoms with Crippen LogP contribution in [0.1, 0.15) is 38.5 Å². The molecule has 4 nitrogen and oxygen atoms in total. The quantitative estimate of drug-likeness (QED) is 0.634. The van der Waals surface area contributed by atoms with Crippen molar-refractivity contribution in [2.75, 3.05) is 0 Å². The summed E-state index contributed by atoms with van der Waals surface area (Å²) in [5, 5.41) is 0. The Labute approximate surface area is 119 Å². The first kappa shape index (κ1) is 17.9. The molecule has 0 radical (unpaired) electrons. The van der Waals surface area contributed by atoms with Gasteiger partial charge < -0.3 is 22.9 Å². The molecule has 0 aromatic rings. The molecule has 17 heavy (non-hydrogen) atoms. The predicted octanol–water partition coefficient (Wildman–Crippen LogP) is 2.12. The number of hydrogen-bond donors (Lipinski definition) is 3. The summed E-state index contributed by atoms with van der Waals surface area (Å²) in [5.41, 5.74) is 23.8. The maximum atomic E-state index is 7.21. The van der Waals surface area contributed by atoms with Crippen molar-refractivity contribution < 1.29 is 12.9 Å². The van der Waals surface area contributed by atoms with E-state index in [-0.39, 0.29) is 12.1 Å². The van der Waals surface area contributed by atoms with Crippen LogP contribution in [0.5, 0.6) is 0 Å². The van der Waals surface area contributed by atoms with E-state index in [2.05, 4.69) is 0 Å². The second kappa shape index (κ2) is 10.8. The molecule has 0 spiro atoms. The van der Waals surface area contributed by atoms with Gasteiger partial charge >= 0.3 is 33.2 Å². The third-order valence-electron chi connectivity index (χ3n) is 3.19. The summed E-state index contributed by atoms with van der Waals surface area (Å²) in [4.78, 5) is 0. The van der Waals surface area contributed by atoms with Gasteiger partial charge in [0.2, 0.25) is 0 Å². The molecule has 7 N–H and O–H groups in total. The van der Waals surface area contributed by atoms with Crippen molar-refractivity contribution in [3.8, 4) is 0 Å². The van der Waals surface area contributed by atoms with Crippen molar-refractivity contribution in [2.45, 2.75) is 62.7 Å². The van der Waals surface area contributed by atoms with Gasteiger partial charge in [-0.1, -0.05) is 19.3 Å². The van der Waals surface area contributed by atoms with E-state index in [1.165, 1.54) is 6.42 Å². The van der Waals surface area contributed by atoms with Crippen LogP contribution >= 0.6 is 20.3 Å². The van der Waals surface area contributed by atoms with Crippen molar-refractivity contribution in [3.05, 3.63) is 5.73 Å². The standard InChI is InChI=1S/C5H12N2.C5H11N2.2ClH.Co/c2*6-4-2-1-3-5(4)7;;;/h4-5H,1-3,6-7H2;4-6H,1-3,7H2;2*1H;/q;-1;;;+3/p-2. The number of halogens is 2. The van der Waals surface area contributed by atoms with E-state index < -0.39 is 0 Å². The Balaban J connectivity index is 0.000000247. The molecule has 2 rings (SSSR count). The van der Waals surface area contributed by atoms with Gasteiger partial charge in [-0.2, -0.15) is 0 Å². The van der Waals surface area contributed by atoms with Crippen LogP contribution in [-0.4, -0.2) is 24.2 Å². The predicted molar refractivity (Wildman–Crippen MR) is 71.4 cm³/mol. The fraction of sp³-hybridized carbons (Fsp3) is 1.00. The second-order valence-corrected chi connectivity index (χ2v) is 6.23. The van der Waals surface area contributed by atoms with Crippen molar-refractivity contribution in [1.82, 2.24) is 0 Å². The van der Waals surface area contributed by atoms with Gasteiger partial charge in [0.25, 0.3) is 0 Å². The minimum Gasteiger partial charge on any atom is -0.673 e. The van der Waals surface area contributed by atoms with Gasteiger partial charge in [-0.3, -0.25) is 0 Å². The summed E-state index contributed by atoms with van der Waals surface area (Å²) in [6.45, 7) is 0. The van der Waals surface area contributed by atoms with E-state index in [0.717, 1.165) is 32.1 Å². The molecule has 106 valence electrons.